The molecule has 0 unspecified atom stereocenters. The summed E-state index contributed by atoms with van der Waals surface area (Å²) in [6, 6.07) is 0. The topological polar surface area (TPSA) is 46.6 Å². The van der Waals surface area contributed by atoms with Crippen molar-refractivity contribution >= 4 is 23.2 Å². The van der Waals surface area contributed by atoms with Crippen molar-refractivity contribution in [2.75, 3.05) is 19.7 Å². The van der Waals surface area contributed by atoms with Crippen molar-refractivity contribution in [3.05, 3.63) is 21.9 Å². The number of carbonyl (C=O) groups is 2. The lowest BCUT2D eigenvalue weighted by Crippen LogP contribution is -2.37. The Morgan fingerprint density at radius 2 is 2.06 bits per heavy atom. The van der Waals surface area contributed by atoms with E-state index < -0.39 is 0 Å². The van der Waals surface area contributed by atoms with E-state index in [-0.39, 0.29) is 18.4 Å². The fourth-order valence-corrected chi connectivity index (χ4v) is 2.46. The number of esters is 1. The molecule has 1 heterocycles. The molecule has 1 amide bonds. The zero-order valence-electron chi connectivity index (χ0n) is 11.1. The third kappa shape index (κ3) is 3.84. The van der Waals surface area contributed by atoms with Gasteiger partial charge in [-0.15, -0.1) is 0 Å². The first-order valence-electron chi connectivity index (χ1n) is 6.07. The molecule has 0 N–H and O–H groups in total. The normalized spacial score (nSPS) is 10.2. The lowest BCUT2D eigenvalue weighted by Gasteiger charge is -2.21. The maximum Gasteiger partial charge on any atom is 0.325 e. The van der Waals surface area contributed by atoms with Crippen LogP contribution in [0.1, 0.15) is 36.2 Å². The van der Waals surface area contributed by atoms with Crippen molar-refractivity contribution in [1.29, 1.82) is 0 Å². The Morgan fingerprint density at radius 3 is 2.56 bits per heavy atom. The van der Waals surface area contributed by atoms with Crippen LogP contribution in [0.2, 0.25) is 0 Å². The van der Waals surface area contributed by atoms with Crippen LogP contribution < -0.4 is 0 Å². The summed E-state index contributed by atoms with van der Waals surface area (Å²) < 4.78 is 4.89. The molecular weight excluding hydrogens is 250 g/mol. The molecule has 1 aromatic heterocycles. The third-order valence-corrected chi connectivity index (χ3v) is 3.35. The van der Waals surface area contributed by atoms with Crippen molar-refractivity contribution in [3.8, 4) is 0 Å². The Hall–Kier alpha value is -1.36. The molecule has 0 atom stereocenters. The second-order valence-corrected chi connectivity index (χ2v) is 4.74. The lowest BCUT2D eigenvalue weighted by atomic mass is 10.2. The van der Waals surface area contributed by atoms with E-state index >= 15 is 0 Å². The quantitative estimate of drug-likeness (QED) is 0.745. The van der Waals surface area contributed by atoms with Crippen LogP contribution in [0.15, 0.2) is 10.8 Å². The lowest BCUT2D eigenvalue weighted by molar-refractivity contribution is -0.143. The van der Waals surface area contributed by atoms with Gasteiger partial charge in [0.05, 0.1) is 12.2 Å². The molecule has 0 bridgehead atoms. The minimum absolute atomic E-state index is 0.0236. The van der Waals surface area contributed by atoms with Crippen LogP contribution in [0.3, 0.4) is 0 Å². The van der Waals surface area contributed by atoms with Gasteiger partial charge in [-0.2, -0.15) is 11.3 Å². The molecular formula is C13H19NO3S. The number of amides is 1. The first-order valence-corrected chi connectivity index (χ1v) is 7.02. The van der Waals surface area contributed by atoms with E-state index in [4.69, 9.17) is 4.74 Å². The summed E-state index contributed by atoms with van der Waals surface area (Å²) >= 11 is 1.50. The zero-order valence-corrected chi connectivity index (χ0v) is 11.9. The predicted molar refractivity (Wildman–Crippen MR) is 71.9 cm³/mol. The molecule has 0 aliphatic rings. The Labute approximate surface area is 112 Å². The average Bonchev–Trinajstić information content (AvgIpc) is 2.74. The number of hydrogen-bond donors (Lipinski definition) is 0. The van der Waals surface area contributed by atoms with E-state index in [1.54, 1.807) is 11.8 Å². The van der Waals surface area contributed by atoms with Crippen LogP contribution in [-0.2, 0) is 9.53 Å². The number of ether oxygens (including phenoxy) is 1. The molecule has 0 spiro atoms. The fourth-order valence-electron chi connectivity index (χ4n) is 1.63. The standard InChI is InChI=1S/C13H19NO3S/c1-4-6-14(7-12(15)17-5-2)13(16)11-9-18-8-10(11)3/h8-9H,4-7H2,1-3H3. The van der Waals surface area contributed by atoms with Crippen LogP contribution in [0.4, 0.5) is 0 Å². The number of thiophene rings is 1. The molecule has 0 fully saturated rings. The fraction of sp³-hybridized carbons (Fsp3) is 0.538. The van der Waals surface area contributed by atoms with Gasteiger partial charge >= 0.3 is 5.97 Å². The number of carbonyl (C=O) groups excluding carboxylic acids is 2. The van der Waals surface area contributed by atoms with Crippen LogP contribution >= 0.6 is 11.3 Å². The summed E-state index contributed by atoms with van der Waals surface area (Å²) in [7, 11) is 0. The summed E-state index contributed by atoms with van der Waals surface area (Å²) in [5, 5.41) is 3.76. The zero-order chi connectivity index (χ0) is 13.5. The van der Waals surface area contributed by atoms with E-state index in [0.717, 1.165) is 12.0 Å². The number of nitrogens with zero attached hydrogens (tertiary/aromatic N) is 1. The molecule has 0 radical (unpaired) electrons. The van der Waals surface area contributed by atoms with Gasteiger partial charge < -0.3 is 9.64 Å². The largest absolute Gasteiger partial charge is 0.465 e. The molecule has 4 nitrogen and oxygen atoms in total. The van der Waals surface area contributed by atoms with E-state index in [1.807, 2.05) is 24.6 Å². The van der Waals surface area contributed by atoms with Crippen LogP contribution in [-0.4, -0.2) is 36.5 Å². The van der Waals surface area contributed by atoms with Gasteiger partial charge in [-0.3, -0.25) is 9.59 Å². The van der Waals surface area contributed by atoms with E-state index in [1.165, 1.54) is 11.3 Å². The predicted octanol–water partition coefficient (Wildman–Crippen LogP) is 2.47. The van der Waals surface area contributed by atoms with Crippen LogP contribution in [0.5, 0.6) is 0 Å². The molecule has 0 saturated carbocycles. The average molecular weight is 269 g/mol. The highest BCUT2D eigenvalue weighted by Crippen LogP contribution is 2.16. The van der Waals surface area contributed by atoms with Gasteiger partial charge in [0.1, 0.15) is 6.54 Å². The number of hydrogen-bond acceptors (Lipinski definition) is 4. The molecule has 1 aromatic rings. The Morgan fingerprint density at radius 1 is 1.33 bits per heavy atom. The molecule has 1 rings (SSSR count). The molecule has 0 saturated heterocycles. The van der Waals surface area contributed by atoms with Gasteiger partial charge in [-0.1, -0.05) is 6.92 Å². The highest BCUT2D eigenvalue weighted by molar-refractivity contribution is 7.08. The molecule has 0 aliphatic carbocycles. The molecule has 0 aliphatic heterocycles. The highest BCUT2D eigenvalue weighted by Gasteiger charge is 2.20. The van der Waals surface area contributed by atoms with Crippen molar-refractivity contribution in [2.45, 2.75) is 27.2 Å². The molecule has 0 aromatic carbocycles. The van der Waals surface area contributed by atoms with Gasteiger partial charge in [-0.05, 0) is 31.2 Å². The minimum Gasteiger partial charge on any atom is -0.465 e. The van der Waals surface area contributed by atoms with Crippen molar-refractivity contribution in [1.82, 2.24) is 4.90 Å². The number of aryl methyl sites for hydroxylation is 1. The minimum atomic E-state index is -0.354. The van der Waals surface area contributed by atoms with Gasteiger partial charge in [-0.25, -0.2) is 0 Å². The Balaban J connectivity index is 2.75. The summed E-state index contributed by atoms with van der Waals surface area (Å²) in [5.74, 6) is -0.448. The maximum atomic E-state index is 12.3. The third-order valence-electron chi connectivity index (χ3n) is 2.49. The monoisotopic (exact) mass is 269 g/mol. The van der Waals surface area contributed by atoms with Crippen LogP contribution in [0, 0.1) is 6.92 Å². The van der Waals surface area contributed by atoms with Crippen molar-refractivity contribution in [3.63, 3.8) is 0 Å². The number of rotatable bonds is 6. The van der Waals surface area contributed by atoms with Crippen LogP contribution in [0.25, 0.3) is 0 Å². The first-order chi connectivity index (χ1) is 8.60. The van der Waals surface area contributed by atoms with Gasteiger partial charge in [0.2, 0.25) is 0 Å². The molecule has 18 heavy (non-hydrogen) atoms. The second kappa shape index (κ2) is 7.16. The van der Waals surface area contributed by atoms with Gasteiger partial charge in [0.15, 0.2) is 0 Å². The smallest absolute Gasteiger partial charge is 0.325 e. The summed E-state index contributed by atoms with van der Waals surface area (Å²) in [6.07, 6.45) is 0.814. The highest BCUT2D eigenvalue weighted by atomic mass is 32.1. The first kappa shape index (κ1) is 14.7. The van der Waals surface area contributed by atoms with Gasteiger partial charge in [0.25, 0.3) is 5.91 Å². The Kier molecular flexibility index (Phi) is 5.85. The van der Waals surface area contributed by atoms with Gasteiger partial charge in [0, 0.05) is 11.9 Å². The molecule has 100 valence electrons. The Bertz CT molecular complexity index is 414. The van der Waals surface area contributed by atoms with E-state index in [0.29, 0.717) is 18.7 Å². The SMILES string of the molecule is CCCN(CC(=O)OCC)C(=O)c1cscc1C. The second-order valence-electron chi connectivity index (χ2n) is 4.00. The van der Waals surface area contributed by atoms with Crippen molar-refractivity contribution < 1.29 is 14.3 Å². The van der Waals surface area contributed by atoms with E-state index in [2.05, 4.69) is 0 Å². The van der Waals surface area contributed by atoms with E-state index in [9.17, 15) is 9.59 Å². The summed E-state index contributed by atoms with van der Waals surface area (Å²) in [4.78, 5) is 25.3. The maximum absolute atomic E-state index is 12.3. The summed E-state index contributed by atoms with van der Waals surface area (Å²) in [5.41, 5.74) is 1.63. The summed E-state index contributed by atoms with van der Waals surface area (Å²) in [6.45, 7) is 6.56. The van der Waals surface area contributed by atoms with Crippen molar-refractivity contribution in [2.24, 2.45) is 0 Å². The molecule has 5 heteroatoms.